The zero-order chi connectivity index (χ0) is 69.1. The Kier molecular flexibility index (Phi) is 362. The molecular formula is C70H154O10Ti6. The molecule has 0 spiro atoms. The molecule has 0 saturated carbocycles. The monoisotopic (exact) mass is 1440 g/mol. The van der Waals surface area contributed by atoms with Gasteiger partial charge in [0, 0.05) is 74.6 Å². The van der Waals surface area contributed by atoms with Gasteiger partial charge in [-0.25, -0.2) is 0 Å². The summed E-state index contributed by atoms with van der Waals surface area (Å²) in [5, 5.41) is 78.3. The molecule has 86 heavy (non-hydrogen) atoms. The largest absolute Gasteiger partial charge is 2.00 e. The first-order valence-corrected chi connectivity index (χ1v) is 28.5. The number of phenols is 2. The molecule has 2 aromatic carbocycles. The summed E-state index contributed by atoms with van der Waals surface area (Å²) in [5.41, 5.74) is 0. The van der Waals surface area contributed by atoms with Crippen molar-refractivity contribution >= 4 is 0 Å². The molecular weight excluding hydrogens is 1290 g/mol. The minimum Gasteiger partial charge on any atom is -0.508 e. The van der Waals surface area contributed by atoms with E-state index in [1.54, 1.807) is 90.1 Å². The smallest absolute Gasteiger partial charge is 0.508 e. The third kappa shape index (κ3) is 1280. The van der Waals surface area contributed by atoms with Gasteiger partial charge in [-0.05, 0) is 78.6 Å². The Morgan fingerprint density at radius 3 is 0.419 bits per heavy atom. The van der Waals surface area contributed by atoms with Crippen LogP contribution in [0.5, 0.6) is 11.5 Å². The Labute approximate surface area is 635 Å². The zero-order valence-electron chi connectivity index (χ0n) is 64.2. The molecule has 0 fully saturated rings. The molecule has 10 nitrogen and oxygen atoms in total. The molecule has 0 heterocycles. The van der Waals surface area contributed by atoms with Crippen molar-refractivity contribution in [3.05, 3.63) is 121 Å². The molecule has 16 heteroatoms. The molecule has 0 amide bonds. The summed E-state index contributed by atoms with van der Waals surface area (Å²) in [6.07, 6.45) is 8.06. The van der Waals surface area contributed by atoms with Gasteiger partial charge in [0.1, 0.15) is 11.5 Å². The first-order chi connectivity index (χ1) is 36.6. The molecule has 10 N–H and O–H groups in total. The molecule has 2 aromatic rings. The van der Waals surface area contributed by atoms with Crippen molar-refractivity contribution in [2.75, 3.05) is 40.6 Å². The van der Waals surface area contributed by atoms with Gasteiger partial charge in [0.05, 0.1) is 0 Å². The van der Waals surface area contributed by atoms with E-state index < -0.39 is 0 Å². The van der Waals surface area contributed by atoms with Crippen LogP contribution in [-0.4, -0.2) is 104 Å². The van der Waals surface area contributed by atoms with Gasteiger partial charge in [-0.3, -0.25) is 0 Å². The number of aliphatic hydroxyl groups excluding tert-OH is 8. The third-order valence-corrected chi connectivity index (χ3v) is 2.78. The molecule has 518 valence electrons. The summed E-state index contributed by atoms with van der Waals surface area (Å²) in [6.45, 7) is 73.6. The van der Waals surface area contributed by atoms with Crippen LogP contribution in [0.4, 0.5) is 0 Å². The second kappa shape index (κ2) is 191. The van der Waals surface area contributed by atoms with Crippen LogP contribution in [0, 0.1) is 60.2 Å². The van der Waals surface area contributed by atoms with Crippen molar-refractivity contribution in [1.29, 1.82) is 0 Å². The average molecular weight is 1440 g/mol. The first-order valence-electron chi connectivity index (χ1n) is 28.5. The van der Waals surface area contributed by atoms with E-state index in [0.29, 0.717) is 24.7 Å². The van der Waals surface area contributed by atoms with Crippen molar-refractivity contribution < 1.29 is 181 Å². The van der Waals surface area contributed by atoms with E-state index >= 15 is 0 Å². The van der Waals surface area contributed by atoms with Crippen LogP contribution in [0.3, 0.4) is 0 Å². The molecule has 0 aromatic heterocycles. The fraction of sp³-hybridized carbons (Fsp3) is 0.686. The fourth-order valence-electron chi connectivity index (χ4n) is 0.856. The topological polar surface area (TPSA) is 202 Å². The molecule has 0 aliphatic heterocycles. The van der Waals surface area contributed by atoms with Crippen LogP contribution in [-0.2, 0) is 130 Å². The van der Waals surface area contributed by atoms with E-state index in [9.17, 15) is 0 Å². The van der Waals surface area contributed by atoms with E-state index in [1.165, 1.54) is 60.2 Å². The Hall–Kier alpha value is 2.01. The second-order valence-electron chi connectivity index (χ2n) is 20.6. The van der Waals surface area contributed by atoms with Crippen LogP contribution < -0.4 is 0 Å². The molecule has 0 radical (unpaired) electrons. The summed E-state index contributed by atoms with van der Waals surface area (Å²) >= 11 is 0. The number of rotatable bonds is 4. The summed E-state index contributed by atoms with van der Waals surface area (Å²) in [5.74, 6) is 12.0. The minimum absolute atomic E-state index is 0. The zero-order valence-corrected chi connectivity index (χ0v) is 73.6. The first kappa shape index (κ1) is 163. The van der Waals surface area contributed by atoms with Gasteiger partial charge in [0.2, 0.25) is 0 Å². The van der Waals surface area contributed by atoms with Crippen LogP contribution in [0.2, 0.25) is 0 Å². The number of hydrogen-bond acceptors (Lipinski definition) is 10. The molecule has 0 bridgehead atoms. The average Bonchev–Trinajstić information content (AvgIpc) is 3.30. The van der Waals surface area contributed by atoms with E-state index in [1.807, 2.05) is 26.0 Å². The second-order valence-corrected chi connectivity index (χ2v) is 20.6. The number of aromatic hydroxyl groups is 2. The van der Waals surface area contributed by atoms with Crippen molar-refractivity contribution in [1.82, 2.24) is 0 Å². The van der Waals surface area contributed by atoms with Crippen molar-refractivity contribution in [2.24, 2.45) is 0 Å². The van der Waals surface area contributed by atoms with Crippen LogP contribution in [0.25, 0.3) is 0 Å². The van der Waals surface area contributed by atoms with Crippen molar-refractivity contribution in [2.45, 2.75) is 287 Å². The minimum atomic E-state index is -0.167. The van der Waals surface area contributed by atoms with Gasteiger partial charge >= 0.3 is 109 Å². The van der Waals surface area contributed by atoms with Gasteiger partial charge in [-0.2, -0.15) is 193 Å². The van der Waals surface area contributed by atoms with Gasteiger partial charge < -0.3 is 111 Å². The van der Waals surface area contributed by atoms with E-state index in [4.69, 9.17) is 51.1 Å². The Bertz CT molecular complexity index is 780. The van der Waals surface area contributed by atoms with Crippen molar-refractivity contribution in [3.8, 4) is 11.5 Å². The van der Waals surface area contributed by atoms with E-state index in [0.717, 1.165) is 27.1 Å². The molecule has 0 aliphatic carbocycles. The van der Waals surface area contributed by atoms with Crippen LogP contribution in [0.1, 0.15) is 275 Å². The molecule has 2 rings (SSSR count). The maximum atomic E-state index is 8.63. The Balaban J connectivity index is -0.0000000215. The maximum Gasteiger partial charge on any atom is 2.00 e. The summed E-state index contributed by atoms with van der Waals surface area (Å²) in [6, 6.07) is 17.4. The predicted molar refractivity (Wildman–Crippen MR) is 370 cm³/mol. The fourth-order valence-corrected chi connectivity index (χ4v) is 0.856. The number of unbranched alkanes of at least 4 members (excludes halogenated alkanes) is 2. The normalized spacial score (nSPS) is 7.53. The molecule has 0 saturated heterocycles. The maximum absolute atomic E-state index is 8.63. The number of aliphatic hydroxyl groups is 8. The van der Waals surface area contributed by atoms with E-state index in [-0.39, 0.29) is 156 Å². The van der Waals surface area contributed by atoms with Gasteiger partial charge in [0.15, 0.2) is 0 Å². The summed E-state index contributed by atoms with van der Waals surface area (Å²) < 4.78 is 0. The quantitative estimate of drug-likeness (QED) is 0.104. The summed E-state index contributed by atoms with van der Waals surface area (Å²) in [7, 11) is 2.00. The van der Waals surface area contributed by atoms with Crippen molar-refractivity contribution in [3.63, 3.8) is 0 Å². The van der Waals surface area contributed by atoms with E-state index in [2.05, 4.69) is 207 Å². The Morgan fingerprint density at radius 1 is 0.326 bits per heavy atom. The third-order valence-electron chi connectivity index (χ3n) is 2.78. The SMILES string of the molecule is CC(C)O.CC(C)O.CCCO.CCCO.CCO.CCO.CO.CO.C[C-](C)C.C[C-](C)C.C[C-](C)C.C[C-](C)C.C[C-](C)C.C[C-](C)C.C[C-](C)C.C[C-](C)C.C[CH-]CC.C[CH-]CC.Oc1ccccc1.Oc1ccccc1.[Ti+2].[Ti+2].[Ti+2].[Ti+2].[Ti+2].[Ti]. The number of hydrogen-bond donors (Lipinski definition) is 10. The van der Waals surface area contributed by atoms with Crippen LogP contribution in [0.15, 0.2) is 60.7 Å². The molecule has 0 aliphatic rings. The predicted octanol–water partition coefficient (Wildman–Crippen LogP) is 19.7. The number of para-hydroxylation sites is 2. The summed E-state index contributed by atoms with van der Waals surface area (Å²) in [4.78, 5) is 0. The standard InChI is InChI=1S/2C6H6O.10C4H9.4C3H8O.2C2H6O.2CH4O.6Ti/c2*7-6-4-2-1-3-5-6;8*1-4(2)3;2*1-3-4-2;2*1-3(2)4;2*1-2-3-4;2*1-2-3;2*1-2;;;;;;/h2*1-5,7H;8*1-3H3;2*3H,4H2,1-2H3;2*3-4H,1-2H3;2*4H,2-3H2,1H3;2*3H,2H2,1H3;2*2H,1H3;;;;;;/q;;10*-1;;;;;;;;;;5*+2. The number of phenolic OH excluding ortho intramolecular Hbond substituents is 2. The van der Waals surface area contributed by atoms with Gasteiger partial charge in [-0.1, -0.05) is 64.1 Å². The molecule has 0 atom stereocenters. The van der Waals surface area contributed by atoms with Gasteiger partial charge in [0.25, 0.3) is 0 Å². The Morgan fingerprint density at radius 2 is 0.395 bits per heavy atom. The van der Waals surface area contributed by atoms with Gasteiger partial charge in [-0.15, -0.1) is 0 Å². The molecule has 0 unspecified atom stereocenters. The van der Waals surface area contributed by atoms with Crippen LogP contribution >= 0.6 is 0 Å². The number of benzene rings is 2.